The van der Waals surface area contributed by atoms with E-state index in [4.69, 9.17) is 17.4 Å². The summed E-state index contributed by atoms with van der Waals surface area (Å²) < 4.78 is 0. The second-order valence-corrected chi connectivity index (χ2v) is 1.76. The van der Waals surface area contributed by atoms with Crippen molar-refractivity contribution in [3.05, 3.63) is 17.5 Å². The number of nitrogens with zero attached hydrogens (tertiary/aromatic N) is 2. The van der Waals surface area contributed by atoms with E-state index in [1.165, 1.54) is 12.4 Å². The fraction of sp³-hybridized carbons (Fsp3) is 0.333. The van der Waals surface area contributed by atoms with Crippen molar-refractivity contribution in [3.63, 3.8) is 0 Å². The molecule has 0 bridgehead atoms. The van der Waals surface area contributed by atoms with Gasteiger partial charge >= 0.3 is 0 Å². The molecule has 1 aromatic rings. The zero-order valence-electron chi connectivity index (χ0n) is 6.50. The molecule has 0 saturated carbocycles. The number of rotatable bonds is 1. The van der Waals surface area contributed by atoms with Crippen LogP contribution in [0.2, 0.25) is 5.15 Å². The van der Waals surface area contributed by atoms with Gasteiger partial charge in [0.1, 0.15) is 17.3 Å². The van der Waals surface area contributed by atoms with Gasteiger partial charge in [-0.3, -0.25) is 0 Å². The van der Waals surface area contributed by atoms with Gasteiger partial charge in [-0.05, 0) is 0 Å². The first kappa shape index (κ1) is 10.1. The van der Waals surface area contributed by atoms with Gasteiger partial charge in [0.2, 0.25) is 0 Å². The van der Waals surface area contributed by atoms with E-state index in [1.54, 1.807) is 0 Å². The van der Waals surface area contributed by atoms with Crippen molar-refractivity contribution in [2.24, 2.45) is 5.84 Å². The van der Waals surface area contributed by atoms with Crippen LogP contribution in [0.1, 0.15) is 13.8 Å². The van der Waals surface area contributed by atoms with E-state index in [9.17, 15) is 0 Å². The van der Waals surface area contributed by atoms with Crippen LogP contribution >= 0.6 is 11.6 Å². The quantitative estimate of drug-likeness (QED) is 0.384. The molecule has 0 atom stereocenters. The highest BCUT2D eigenvalue weighted by Gasteiger charge is 1.89. The van der Waals surface area contributed by atoms with Gasteiger partial charge in [0.15, 0.2) is 0 Å². The molecule has 1 rings (SSSR count). The lowest BCUT2D eigenvalue weighted by Crippen LogP contribution is -2.08. The minimum Gasteiger partial charge on any atom is -0.308 e. The van der Waals surface area contributed by atoms with E-state index in [0.717, 1.165) is 0 Å². The van der Waals surface area contributed by atoms with Gasteiger partial charge < -0.3 is 5.43 Å². The second-order valence-electron chi connectivity index (χ2n) is 1.37. The summed E-state index contributed by atoms with van der Waals surface area (Å²) in [6, 6.07) is 1.53. The molecule has 0 spiro atoms. The number of aromatic nitrogens is 2. The van der Waals surface area contributed by atoms with Crippen LogP contribution < -0.4 is 11.3 Å². The van der Waals surface area contributed by atoms with Gasteiger partial charge in [-0.1, -0.05) is 25.4 Å². The summed E-state index contributed by atoms with van der Waals surface area (Å²) in [5.74, 6) is 5.53. The predicted octanol–water partition coefficient (Wildman–Crippen LogP) is 1.44. The summed E-state index contributed by atoms with van der Waals surface area (Å²) in [4.78, 5) is 7.37. The molecule has 0 aromatic carbocycles. The van der Waals surface area contributed by atoms with Gasteiger partial charge in [0.05, 0.1) is 0 Å². The highest BCUT2D eigenvalue weighted by Crippen LogP contribution is 2.05. The third kappa shape index (κ3) is 3.75. The largest absolute Gasteiger partial charge is 0.308 e. The second kappa shape index (κ2) is 5.88. The van der Waals surface area contributed by atoms with Crippen molar-refractivity contribution in [2.75, 3.05) is 5.43 Å². The van der Waals surface area contributed by atoms with E-state index < -0.39 is 0 Å². The molecular formula is C6H11ClN4. The topological polar surface area (TPSA) is 63.8 Å². The summed E-state index contributed by atoms with van der Waals surface area (Å²) in [5, 5.41) is 0.373. The fourth-order valence-electron chi connectivity index (χ4n) is 0.413. The Balaban J connectivity index is 0.000000461. The molecule has 0 radical (unpaired) electrons. The highest BCUT2D eigenvalue weighted by atomic mass is 35.5. The van der Waals surface area contributed by atoms with Crippen LogP contribution in [0, 0.1) is 0 Å². The number of nitrogens with one attached hydrogen (secondary N) is 1. The van der Waals surface area contributed by atoms with Crippen LogP contribution in [0.3, 0.4) is 0 Å². The lowest BCUT2D eigenvalue weighted by Gasteiger charge is -1.94. The van der Waals surface area contributed by atoms with Crippen molar-refractivity contribution in [1.82, 2.24) is 9.97 Å². The third-order valence-electron chi connectivity index (χ3n) is 0.782. The normalized spacial score (nSPS) is 8.00. The zero-order valence-corrected chi connectivity index (χ0v) is 7.26. The molecule has 0 fully saturated rings. The Morgan fingerprint density at radius 3 is 2.45 bits per heavy atom. The number of hydrogen-bond donors (Lipinski definition) is 2. The zero-order chi connectivity index (χ0) is 8.69. The van der Waals surface area contributed by atoms with Crippen LogP contribution in [0.25, 0.3) is 0 Å². The fourth-order valence-corrected chi connectivity index (χ4v) is 0.560. The van der Waals surface area contributed by atoms with Gasteiger partial charge in [0, 0.05) is 6.07 Å². The van der Waals surface area contributed by atoms with Crippen molar-refractivity contribution >= 4 is 17.4 Å². The molecule has 11 heavy (non-hydrogen) atoms. The first-order valence-electron chi connectivity index (χ1n) is 3.27. The van der Waals surface area contributed by atoms with Crippen molar-refractivity contribution in [3.8, 4) is 0 Å². The molecule has 0 unspecified atom stereocenters. The van der Waals surface area contributed by atoms with Gasteiger partial charge in [-0.25, -0.2) is 15.8 Å². The van der Waals surface area contributed by atoms with Crippen molar-refractivity contribution in [1.29, 1.82) is 0 Å². The third-order valence-corrected chi connectivity index (χ3v) is 0.988. The standard InChI is InChI=1S/C4H5ClN4.C2H6/c5-3-1-4(9-6)8-2-7-3;1-2/h1-2H,6H2,(H,7,8,9);1-2H3. The van der Waals surface area contributed by atoms with Crippen molar-refractivity contribution in [2.45, 2.75) is 13.8 Å². The maximum atomic E-state index is 5.48. The number of hydrazine groups is 1. The van der Waals surface area contributed by atoms with E-state index in [1.807, 2.05) is 13.8 Å². The predicted molar refractivity (Wildman–Crippen MR) is 46.2 cm³/mol. The number of halogens is 1. The van der Waals surface area contributed by atoms with E-state index in [-0.39, 0.29) is 0 Å². The molecule has 3 N–H and O–H groups in total. The Kier molecular flexibility index (Phi) is 5.42. The summed E-state index contributed by atoms with van der Waals surface area (Å²) in [5.41, 5.74) is 2.33. The van der Waals surface area contributed by atoms with Crippen molar-refractivity contribution < 1.29 is 0 Å². The molecule has 4 nitrogen and oxygen atoms in total. The summed E-state index contributed by atoms with van der Waals surface area (Å²) >= 11 is 5.48. The van der Waals surface area contributed by atoms with Crippen LogP contribution in [0.5, 0.6) is 0 Å². The molecule has 0 saturated heterocycles. The smallest absolute Gasteiger partial charge is 0.144 e. The molecule has 1 heterocycles. The molecular weight excluding hydrogens is 164 g/mol. The molecule has 0 aliphatic rings. The molecule has 5 heteroatoms. The minimum absolute atomic E-state index is 0.373. The molecule has 62 valence electrons. The number of nitrogen functional groups attached to an aromatic ring is 1. The number of hydrogen-bond acceptors (Lipinski definition) is 4. The SMILES string of the molecule is CC.NNc1cc(Cl)ncn1. The lowest BCUT2D eigenvalue weighted by molar-refractivity contribution is 1.14. The first-order valence-corrected chi connectivity index (χ1v) is 3.65. The van der Waals surface area contributed by atoms with Crippen LogP contribution in [0.4, 0.5) is 5.82 Å². The molecule has 1 aromatic heterocycles. The average Bonchev–Trinajstić information content (AvgIpc) is 2.08. The van der Waals surface area contributed by atoms with Gasteiger partial charge in [0.25, 0.3) is 0 Å². The van der Waals surface area contributed by atoms with Crippen LogP contribution in [0.15, 0.2) is 12.4 Å². The summed E-state index contributed by atoms with van der Waals surface area (Å²) in [6.07, 6.45) is 1.33. The van der Waals surface area contributed by atoms with E-state index in [2.05, 4.69) is 15.4 Å². The Labute approximate surface area is 70.8 Å². The maximum absolute atomic E-state index is 5.48. The van der Waals surface area contributed by atoms with Gasteiger partial charge in [-0.2, -0.15) is 0 Å². The molecule has 0 amide bonds. The minimum atomic E-state index is 0.373. The number of anilines is 1. The Morgan fingerprint density at radius 1 is 1.45 bits per heavy atom. The first-order chi connectivity index (χ1) is 5.33. The lowest BCUT2D eigenvalue weighted by atomic mass is 10.6. The Morgan fingerprint density at radius 2 is 2.09 bits per heavy atom. The number of nitrogens with two attached hydrogens (primary N) is 1. The molecule has 0 aliphatic carbocycles. The van der Waals surface area contributed by atoms with E-state index in [0.29, 0.717) is 11.0 Å². The highest BCUT2D eigenvalue weighted by molar-refractivity contribution is 6.29. The summed E-state index contributed by atoms with van der Waals surface area (Å²) in [6.45, 7) is 4.00. The van der Waals surface area contributed by atoms with Gasteiger partial charge in [-0.15, -0.1) is 0 Å². The molecule has 0 aliphatic heterocycles. The Bertz CT molecular complexity index is 204. The maximum Gasteiger partial charge on any atom is 0.144 e. The van der Waals surface area contributed by atoms with Crippen LogP contribution in [-0.2, 0) is 0 Å². The van der Waals surface area contributed by atoms with Crippen LogP contribution in [-0.4, -0.2) is 9.97 Å². The average molecular weight is 175 g/mol. The van der Waals surface area contributed by atoms with E-state index >= 15 is 0 Å². The monoisotopic (exact) mass is 174 g/mol. The summed E-state index contributed by atoms with van der Waals surface area (Å²) in [7, 11) is 0. The Hall–Kier alpha value is -0.870.